The van der Waals surface area contributed by atoms with Gasteiger partial charge < -0.3 is 10.1 Å². The molecule has 0 saturated heterocycles. The average Bonchev–Trinajstić information content (AvgIpc) is 2.62. The van der Waals surface area contributed by atoms with Crippen LogP contribution in [-0.2, 0) is 17.9 Å². The molecule has 1 aromatic heterocycles. The van der Waals surface area contributed by atoms with E-state index in [1.54, 1.807) is 11.3 Å². The van der Waals surface area contributed by atoms with Crippen molar-refractivity contribution in [3.63, 3.8) is 0 Å². The molecule has 1 rings (SSSR count). The summed E-state index contributed by atoms with van der Waals surface area (Å²) in [6, 6.07) is 1.91. The van der Waals surface area contributed by atoms with Gasteiger partial charge in [-0.3, -0.25) is 0 Å². The van der Waals surface area contributed by atoms with Crippen LogP contribution in [-0.4, -0.2) is 18.8 Å². The quantitative estimate of drug-likeness (QED) is 0.859. The van der Waals surface area contributed by atoms with E-state index in [4.69, 9.17) is 4.74 Å². The van der Waals surface area contributed by atoms with Crippen LogP contribution in [0.2, 0.25) is 0 Å². The minimum Gasteiger partial charge on any atom is -0.364 e. The van der Waals surface area contributed by atoms with Crippen LogP contribution in [0.5, 0.6) is 0 Å². The smallest absolute Gasteiger partial charge is 0.364 e. The fraction of sp³-hybridized carbons (Fsp3) is 0.667. The zero-order valence-corrected chi connectivity index (χ0v) is 11.5. The molecule has 0 fully saturated rings. The highest BCUT2D eigenvalue weighted by Gasteiger charge is 2.36. The van der Waals surface area contributed by atoms with Gasteiger partial charge in [0.25, 0.3) is 0 Å². The third-order valence-electron chi connectivity index (χ3n) is 2.57. The van der Waals surface area contributed by atoms with Crippen molar-refractivity contribution in [3.8, 4) is 0 Å². The van der Waals surface area contributed by atoms with Gasteiger partial charge in [-0.2, -0.15) is 13.2 Å². The van der Waals surface area contributed by atoms with E-state index in [1.165, 1.54) is 0 Å². The lowest BCUT2D eigenvalue weighted by Gasteiger charge is -2.16. The van der Waals surface area contributed by atoms with Crippen molar-refractivity contribution in [2.24, 2.45) is 0 Å². The van der Waals surface area contributed by atoms with Crippen molar-refractivity contribution in [1.82, 2.24) is 5.32 Å². The Kier molecular flexibility index (Phi) is 5.62. The van der Waals surface area contributed by atoms with Crippen LogP contribution in [0.1, 0.15) is 29.2 Å². The number of alkyl halides is 3. The minimum atomic E-state index is -4.30. The molecule has 1 N–H and O–H groups in total. The summed E-state index contributed by atoms with van der Waals surface area (Å²) in [6.45, 7) is 6.56. The standard InChI is InChI=1S/C12H18F3NOS/c1-4-16-6-11-5-10(8(2)18-11)7-17-9(3)12(13,14)15/h5,9,16H,4,6-7H2,1-3H3. The molecule has 1 atom stereocenters. The van der Waals surface area contributed by atoms with E-state index >= 15 is 0 Å². The largest absolute Gasteiger partial charge is 0.414 e. The van der Waals surface area contributed by atoms with Gasteiger partial charge in [-0.15, -0.1) is 11.3 Å². The summed E-state index contributed by atoms with van der Waals surface area (Å²) in [5, 5.41) is 3.18. The number of hydrogen-bond donors (Lipinski definition) is 1. The number of thiophene rings is 1. The molecule has 0 amide bonds. The predicted molar refractivity (Wildman–Crippen MR) is 66.7 cm³/mol. The summed E-state index contributed by atoms with van der Waals surface area (Å²) < 4.78 is 41.7. The Labute approximate surface area is 109 Å². The molecule has 0 saturated carbocycles. The summed E-state index contributed by atoms with van der Waals surface area (Å²) in [5.74, 6) is 0. The Morgan fingerprint density at radius 1 is 1.44 bits per heavy atom. The third kappa shape index (κ3) is 4.59. The zero-order valence-electron chi connectivity index (χ0n) is 10.7. The first-order valence-corrected chi connectivity index (χ1v) is 6.63. The van der Waals surface area contributed by atoms with Crippen LogP contribution in [0.25, 0.3) is 0 Å². The van der Waals surface area contributed by atoms with Crippen molar-refractivity contribution < 1.29 is 17.9 Å². The lowest BCUT2D eigenvalue weighted by molar-refractivity contribution is -0.217. The van der Waals surface area contributed by atoms with Crippen LogP contribution in [0.3, 0.4) is 0 Å². The molecule has 1 aromatic rings. The SMILES string of the molecule is CCNCc1cc(COC(C)C(F)(F)F)c(C)s1. The number of nitrogens with one attached hydrogen (secondary N) is 1. The predicted octanol–water partition coefficient (Wildman–Crippen LogP) is 3.63. The van der Waals surface area contributed by atoms with Crippen molar-refractivity contribution >= 4 is 11.3 Å². The number of aryl methyl sites for hydroxylation is 1. The van der Waals surface area contributed by atoms with Gasteiger partial charge in [0.15, 0.2) is 6.10 Å². The molecule has 1 unspecified atom stereocenters. The van der Waals surface area contributed by atoms with Gasteiger partial charge in [-0.05, 0) is 32.0 Å². The normalized spacial score (nSPS) is 13.9. The molecular weight excluding hydrogens is 263 g/mol. The van der Waals surface area contributed by atoms with Crippen molar-refractivity contribution in [2.75, 3.05) is 6.54 Å². The van der Waals surface area contributed by atoms with E-state index in [0.29, 0.717) is 0 Å². The topological polar surface area (TPSA) is 21.3 Å². The molecule has 6 heteroatoms. The summed E-state index contributed by atoms with van der Waals surface area (Å²) >= 11 is 1.59. The van der Waals surface area contributed by atoms with E-state index in [1.807, 2.05) is 19.9 Å². The second-order valence-corrected chi connectivity index (χ2v) is 5.41. The maximum atomic E-state index is 12.3. The Morgan fingerprint density at radius 3 is 2.67 bits per heavy atom. The summed E-state index contributed by atoms with van der Waals surface area (Å²) in [7, 11) is 0. The molecular formula is C12H18F3NOS. The Balaban J connectivity index is 2.54. The molecule has 0 aliphatic heterocycles. The molecule has 0 aromatic carbocycles. The lowest BCUT2D eigenvalue weighted by Crippen LogP contribution is -2.28. The number of halogens is 3. The van der Waals surface area contributed by atoms with E-state index in [9.17, 15) is 13.2 Å². The minimum absolute atomic E-state index is 0.00906. The van der Waals surface area contributed by atoms with Crippen LogP contribution in [0.4, 0.5) is 13.2 Å². The summed E-state index contributed by atoms with van der Waals surface area (Å²) in [4.78, 5) is 2.13. The van der Waals surface area contributed by atoms with Crippen molar-refractivity contribution in [2.45, 2.75) is 46.2 Å². The third-order valence-corrected chi connectivity index (χ3v) is 3.66. The van der Waals surface area contributed by atoms with Crippen LogP contribution < -0.4 is 5.32 Å². The van der Waals surface area contributed by atoms with E-state index < -0.39 is 12.3 Å². The van der Waals surface area contributed by atoms with E-state index in [-0.39, 0.29) is 6.61 Å². The average molecular weight is 281 g/mol. The van der Waals surface area contributed by atoms with Gasteiger partial charge in [-0.1, -0.05) is 6.92 Å². The van der Waals surface area contributed by atoms with Crippen molar-refractivity contribution in [1.29, 1.82) is 0 Å². The maximum absolute atomic E-state index is 12.3. The van der Waals surface area contributed by atoms with Gasteiger partial charge in [0.05, 0.1) is 6.61 Å². The first-order valence-electron chi connectivity index (χ1n) is 5.81. The van der Waals surface area contributed by atoms with Gasteiger partial charge in [0.2, 0.25) is 0 Å². The molecule has 0 aliphatic rings. The molecule has 0 bridgehead atoms. The molecule has 18 heavy (non-hydrogen) atoms. The Hall–Kier alpha value is -0.590. The number of rotatable bonds is 6. The molecule has 104 valence electrons. The second kappa shape index (κ2) is 6.54. The molecule has 0 radical (unpaired) electrons. The second-order valence-electron chi connectivity index (χ2n) is 4.07. The zero-order chi connectivity index (χ0) is 13.8. The number of ether oxygens (including phenoxy) is 1. The van der Waals surface area contributed by atoms with E-state index in [0.717, 1.165) is 35.3 Å². The summed E-state index contributed by atoms with van der Waals surface area (Å²) in [6.07, 6.45) is -6.02. The molecule has 0 aliphatic carbocycles. The Bertz CT molecular complexity index is 376. The highest BCUT2D eigenvalue weighted by molar-refractivity contribution is 7.12. The monoisotopic (exact) mass is 281 g/mol. The van der Waals surface area contributed by atoms with Crippen LogP contribution >= 0.6 is 11.3 Å². The van der Waals surface area contributed by atoms with Gasteiger partial charge >= 0.3 is 6.18 Å². The lowest BCUT2D eigenvalue weighted by atomic mass is 10.2. The Morgan fingerprint density at radius 2 is 2.11 bits per heavy atom. The van der Waals surface area contributed by atoms with Crippen molar-refractivity contribution in [3.05, 3.63) is 21.4 Å². The first-order chi connectivity index (χ1) is 8.34. The fourth-order valence-corrected chi connectivity index (χ4v) is 2.39. The molecule has 0 spiro atoms. The molecule has 1 heterocycles. The molecule has 2 nitrogen and oxygen atoms in total. The summed E-state index contributed by atoms with van der Waals surface area (Å²) in [5.41, 5.74) is 0.837. The number of hydrogen-bond acceptors (Lipinski definition) is 3. The fourth-order valence-electron chi connectivity index (χ4n) is 1.38. The maximum Gasteiger partial charge on any atom is 0.414 e. The highest BCUT2D eigenvalue weighted by atomic mass is 32.1. The van der Waals surface area contributed by atoms with Gasteiger partial charge in [0.1, 0.15) is 0 Å². The van der Waals surface area contributed by atoms with Crippen LogP contribution in [0, 0.1) is 6.92 Å². The first kappa shape index (κ1) is 15.5. The van der Waals surface area contributed by atoms with Crippen LogP contribution in [0.15, 0.2) is 6.07 Å². The van der Waals surface area contributed by atoms with E-state index in [2.05, 4.69) is 5.32 Å². The van der Waals surface area contributed by atoms with Gasteiger partial charge in [0, 0.05) is 16.3 Å². The highest BCUT2D eigenvalue weighted by Crippen LogP contribution is 2.26. The van der Waals surface area contributed by atoms with Gasteiger partial charge in [-0.25, -0.2) is 0 Å².